The zero-order chi connectivity index (χ0) is 33.6. The van der Waals surface area contributed by atoms with Crippen molar-refractivity contribution >= 4 is 50.7 Å². The summed E-state index contributed by atoms with van der Waals surface area (Å²) >= 11 is 12.6. The summed E-state index contributed by atoms with van der Waals surface area (Å²) in [5.74, 6) is -0.789. The molecular formula is C37H39Cl2N3O4S. The lowest BCUT2D eigenvalue weighted by atomic mass is 10.0. The van der Waals surface area contributed by atoms with Gasteiger partial charge in [-0.05, 0) is 73.7 Å². The van der Waals surface area contributed by atoms with Crippen molar-refractivity contribution in [3.8, 4) is 0 Å². The quantitative estimate of drug-likeness (QED) is 0.167. The molecular weight excluding hydrogens is 653 g/mol. The Labute approximate surface area is 287 Å². The molecule has 10 heteroatoms. The Balaban J connectivity index is 1.58. The number of nitrogens with one attached hydrogen (secondary N) is 1. The van der Waals surface area contributed by atoms with Crippen LogP contribution in [-0.4, -0.2) is 43.8 Å². The average Bonchev–Trinajstić information content (AvgIpc) is 3.57. The molecule has 1 aliphatic carbocycles. The van der Waals surface area contributed by atoms with Gasteiger partial charge in [-0.1, -0.05) is 108 Å². The van der Waals surface area contributed by atoms with Gasteiger partial charge in [0.05, 0.1) is 20.6 Å². The van der Waals surface area contributed by atoms with Crippen molar-refractivity contribution in [1.29, 1.82) is 0 Å². The lowest BCUT2D eigenvalue weighted by molar-refractivity contribution is -0.140. The number of sulfonamides is 1. The van der Waals surface area contributed by atoms with E-state index in [4.69, 9.17) is 23.2 Å². The maximum Gasteiger partial charge on any atom is 0.264 e. The fraction of sp³-hybridized carbons (Fsp3) is 0.297. The molecule has 0 aromatic heterocycles. The third-order valence-corrected chi connectivity index (χ3v) is 11.2. The van der Waals surface area contributed by atoms with E-state index in [0.29, 0.717) is 0 Å². The summed E-state index contributed by atoms with van der Waals surface area (Å²) in [6.45, 7) is 3.36. The van der Waals surface area contributed by atoms with Crippen LogP contribution < -0.4 is 9.62 Å². The Kier molecular flexibility index (Phi) is 11.3. The van der Waals surface area contributed by atoms with Crippen LogP contribution >= 0.6 is 23.2 Å². The normalized spacial score (nSPS) is 14.0. The minimum absolute atomic E-state index is 0.0206. The van der Waals surface area contributed by atoms with Crippen LogP contribution in [-0.2, 0) is 32.6 Å². The lowest BCUT2D eigenvalue weighted by Crippen LogP contribution is -2.54. The molecule has 1 aliphatic rings. The first-order chi connectivity index (χ1) is 22.5. The van der Waals surface area contributed by atoms with Crippen LogP contribution in [0.2, 0.25) is 10.0 Å². The third-order valence-electron chi connectivity index (χ3n) is 8.65. The van der Waals surface area contributed by atoms with E-state index >= 15 is 0 Å². The van der Waals surface area contributed by atoms with Gasteiger partial charge in [0.15, 0.2) is 0 Å². The summed E-state index contributed by atoms with van der Waals surface area (Å²) in [6, 6.07) is 27.2. The van der Waals surface area contributed by atoms with Gasteiger partial charge in [-0.25, -0.2) is 8.42 Å². The summed E-state index contributed by atoms with van der Waals surface area (Å²) in [7, 11) is -4.25. The van der Waals surface area contributed by atoms with E-state index in [9.17, 15) is 18.0 Å². The van der Waals surface area contributed by atoms with Gasteiger partial charge < -0.3 is 10.2 Å². The highest BCUT2D eigenvalue weighted by molar-refractivity contribution is 7.92. The summed E-state index contributed by atoms with van der Waals surface area (Å²) < 4.78 is 29.5. The predicted octanol–water partition coefficient (Wildman–Crippen LogP) is 7.50. The van der Waals surface area contributed by atoms with E-state index in [2.05, 4.69) is 5.32 Å². The SMILES string of the molecule is Cc1ccc(S(=O)(=O)N(CC(=O)N(Cc2ccccc2C)C(Cc2ccccc2)C(=O)NC2CCCC2)c2ccc(Cl)c(Cl)c2)cc1. The first-order valence-corrected chi connectivity index (χ1v) is 18.0. The van der Waals surface area contributed by atoms with Gasteiger partial charge in [-0.3, -0.25) is 13.9 Å². The number of benzene rings is 4. The van der Waals surface area contributed by atoms with E-state index in [1.807, 2.05) is 68.4 Å². The Bertz CT molecular complexity index is 1810. The number of aryl methyl sites for hydroxylation is 2. The van der Waals surface area contributed by atoms with Gasteiger partial charge in [0, 0.05) is 19.0 Å². The molecule has 0 spiro atoms. The first kappa shape index (κ1) is 34.5. The average molecular weight is 693 g/mol. The van der Waals surface area contributed by atoms with Crippen molar-refractivity contribution in [3.63, 3.8) is 0 Å². The maximum absolute atomic E-state index is 14.7. The minimum Gasteiger partial charge on any atom is -0.352 e. The number of rotatable bonds is 12. The second-order valence-corrected chi connectivity index (χ2v) is 14.7. The first-order valence-electron chi connectivity index (χ1n) is 15.8. The number of carbonyl (C=O) groups excluding carboxylic acids is 2. The molecule has 7 nitrogen and oxygen atoms in total. The van der Waals surface area contributed by atoms with Gasteiger partial charge in [0.25, 0.3) is 10.0 Å². The number of hydrogen-bond acceptors (Lipinski definition) is 4. The number of hydrogen-bond donors (Lipinski definition) is 1. The van der Waals surface area contributed by atoms with Crippen molar-refractivity contribution in [1.82, 2.24) is 10.2 Å². The monoisotopic (exact) mass is 691 g/mol. The van der Waals surface area contributed by atoms with Gasteiger partial charge in [-0.15, -0.1) is 0 Å². The van der Waals surface area contributed by atoms with E-state index in [1.54, 1.807) is 12.1 Å². The second kappa shape index (κ2) is 15.4. The molecule has 0 aliphatic heterocycles. The van der Waals surface area contributed by atoms with Crippen LogP contribution in [0.15, 0.2) is 102 Å². The fourth-order valence-corrected chi connectivity index (χ4v) is 7.60. The molecule has 1 unspecified atom stereocenters. The molecule has 1 atom stereocenters. The number of amides is 2. The number of halogens is 2. The largest absolute Gasteiger partial charge is 0.352 e. The van der Waals surface area contributed by atoms with Crippen molar-refractivity contribution in [3.05, 3.63) is 129 Å². The van der Waals surface area contributed by atoms with Crippen LogP contribution in [0.25, 0.3) is 0 Å². The number of anilines is 1. The molecule has 1 N–H and O–H groups in total. The molecule has 47 heavy (non-hydrogen) atoms. The molecule has 4 aromatic rings. The highest BCUT2D eigenvalue weighted by atomic mass is 35.5. The summed E-state index contributed by atoms with van der Waals surface area (Å²) in [5, 5.41) is 3.60. The van der Waals surface area contributed by atoms with Gasteiger partial charge >= 0.3 is 0 Å². The molecule has 0 saturated heterocycles. The van der Waals surface area contributed by atoms with E-state index in [1.165, 1.54) is 35.2 Å². The van der Waals surface area contributed by atoms with Crippen LogP contribution in [0.5, 0.6) is 0 Å². The van der Waals surface area contributed by atoms with Crippen LogP contribution in [0.1, 0.15) is 47.9 Å². The van der Waals surface area contributed by atoms with Crippen molar-refractivity contribution < 1.29 is 18.0 Å². The summed E-state index contributed by atoms with van der Waals surface area (Å²) in [6.07, 6.45) is 4.10. The van der Waals surface area contributed by atoms with Gasteiger partial charge in [0.1, 0.15) is 12.6 Å². The smallest absolute Gasteiger partial charge is 0.264 e. The molecule has 1 saturated carbocycles. The Hall–Kier alpha value is -3.85. The van der Waals surface area contributed by atoms with Gasteiger partial charge in [-0.2, -0.15) is 0 Å². The zero-order valence-electron chi connectivity index (χ0n) is 26.5. The molecule has 0 bridgehead atoms. The minimum atomic E-state index is -4.25. The van der Waals surface area contributed by atoms with Crippen molar-refractivity contribution in [2.45, 2.75) is 69.5 Å². The molecule has 4 aromatic carbocycles. The van der Waals surface area contributed by atoms with E-state index < -0.39 is 28.5 Å². The van der Waals surface area contributed by atoms with E-state index in [-0.39, 0.29) is 45.5 Å². The Morgan fingerprint density at radius 1 is 0.851 bits per heavy atom. The van der Waals surface area contributed by atoms with Crippen molar-refractivity contribution in [2.24, 2.45) is 0 Å². The molecule has 1 fully saturated rings. The number of nitrogens with zero attached hydrogens (tertiary/aromatic N) is 2. The van der Waals surface area contributed by atoms with Crippen LogP contribution in [0, 0.1) is 13.8 Å². The fourth-order valence-electron chi connectivity index (χ4n) is 5.90. The Morgan fingerprint density at radius 2 is 1.51 bits per heavy atom. The standard InChI is InChI=1S/C37H39Cl2N3O4S/c1-26-16-19-32(20-17-26)47(45,46)42(31-18-21-33(38)34(39)23-31)25-36(43)41(24-29-13-7-6-10-27(29)2)35(22-28-11-4-3-5-12-28)37(44)40-30-14-8-9-15-30/h3-7,10-13,16-21,23,30,35H,8-9,14-15,22,24-25H2,1-2H3,(H,40,44). The summed E-state index contributed by atoms with van der Waals surface area (Å²) in [4.78, 5) is 30.4. The molecule has 246 valence electrons. The lowest BCUT2D eigenvalue weighted by Gasteiger charge is -2.34. The van der Waals surface area contributed by atoms with E-state index in [0.717, 1.165) is 52.2 Å². The molecule has 5 rings (SSSR count). The zero-order valence-corrected chi connectivity index (χ0v) is 28.9. The molecule has 0 radical (unpaired) electrons. The molecule has 0 heterocycles. The maximum atomic E-state index is 14.7. The van der Waals surface area contributed by atoms with Gasteiger partial charge in [0.2, 0.25) is 11.8 Å². The topological polar surface area (TPSA) is 86.8 Å². The second-order valence-electron chi connectivity index (χ2n) is 12.1. The predicted molar refractivity (Wildman–Crippen MR) is 188 cm³/mol. The highest BCUT2D eigenvalue weighted by Crippen LogP contribution is 2.31. The Morgan fingerprint density at radius 3 is 2.17 bits per heavy atom. The molecule has 2 amide bonds. The highest BCUT2D eigenvalue weighted by Gasteiger charge is 2.36. The summed E-state index contributed by atoms with van der Waals surface area (Å²) in [5.41, 5.74) is 3.76. The number of carbonyl (C=O) groups is 2. The van der Waals surface area contributed by atoms with Crippen LogP contribution in [0.3, 0.4) is 0 Å². The van der Waals surface area contributed by atoms with Crippen LogP contribution in [0.4, 0.5) is 5.69 Å². The van der Waals surface area contributed by atoms with Crippen molar-refractivity contribution in [2.75, 3.05) is 10.8 Å². The third kappa shape index (κ3) is 8.55.